The Morgan fingerprint density at radius 1 is 1.47 bits per heavy atom. The maximum Gasteiger partial charge on any atom is 0.242 e. The molecule has 0 bridgehead atoms. The summed E-state index contributed by atoms with van der Waals surface area (Å²) in [4.78, 5) is 0.258. The van der Waals surface area contributed by atoms with E-state index in [9.17, 15) is 8.42 Å². The molecule has 1 aromatic rings. The Kier molecular flexibility index (Phi) is 3.33. The highest BCUT2D eigenvalue weighted by Crippen LogP contribution is 2.36. The Labute approximate surface area is 110 Å². The molecule has 17 heavy (non-hydrogen) atoms. The number of benzene rings is 1. The second-order valence-corrected chi connectivity index (χ2v) is 7.14. The molecular formula is C11H15BrN2O2S. The van der Waals surface area contributed by atoms with E-state index in [1.165, 1.54) is 0 Å². The summed E-state index contributed by atoms with van der Waals surface area (Å²) >= 11 is 3.26. The summed E-state index contributed by atoms with van der Waals surface area (Å²) in [6, 6.07) is 5.13. The van der Waals surface area contributed by atoms with Gasteiger partial charge >= 0.3 is 0 Å². The predicted molar refractivity (Wildman–Crippen MR) is 70.0 cm³/mol. The fraction of sp³-hybridized carbons (Fsp3) is 0.455. The molecule has 2 rings (SSSR count). The zero-order valence-corrected chi connectivity index (χ0v) is 11.9. The molecular weight excluding hydrogens is 304 g/mol. The number of rotatable bonds is 4. The highest BCUT2D eigenvalue weighted by atomic mass is 79.9. The third-order valence-corrected chi connectivity index (χ3v) is 5.53. The fourth-order valence-corrected chi connectivity index (χ4v) is 4.03. The van der Waals surface area contributed by atoms with Crippen LogP contribution in [0.1, 0.15) is 25.3 Å². The molecule has 0 spiro atoms. The minimum atomic E-state index is -3.47. The highest BCUT2D eigenvalue weighted by molar-refractivity contribution is 9.10. The molecule has 1 saturated carbocycles. The smallest absolute Gasteiger partial charge is 0.242 e. The minimum Gasteiger partial charge on any atom is -0.326 e. The Balaban J connectivity index is 2.38. The van der Waals surface area contributed by atoms with Gasteiger partial charge in [-0.15, -0.1) is 0 Å². The van der Waals surface area contributed by atoms with E-state index in [1.54, 1.807) is 12.1 Å². The monoisotopic (exact) mass is 318 g/mol. The van der Waals surface area contributed by atoms with Crippen molar-refractivity contribution in [3.63, 3.8) is 0 Å². The molecule has 1 aliphatic carbocycles. The van der Waals surface area contributed by atoms with E-state index >= 15 is 0 Å². The number of hydrogen-bond acceptors (Lipinski definition) is 3. The zero-order chi connectivity index (χ0) is 12.7. The summed E-state index contributed by atoms with van der Waals surface area (Å²) in [5.74, 6) is 0. The van der Waals surface area contributed by atoms with Crippen molar-refractivity contribution < 1.29 is 8.42 Å². The Morgan fingerprint density at radius 2 is 2.12 bits per heavy atom. The van der Waals surface area contributed by atoms with Crippen molar-refractivity contribution in [2.24, 2.45) is 5.73 Å². The van der Waals surface area contributed by atoms with Crippen molar-refractivity contribution in [3.05, 3.63) is 28.2 Å². The first-order valence-corrected chi connectivity index (χ1v) is 7.66. The normalized spacial score (nSPS) is 18.1. The lowest BCUT2D eigenvalue weighted by Gasteiger charge is -2.14. The summed E-state index contributed by atoms with van der Waals surface area (Å²) in [6.07, 6.45) is 1.78. The number of nitrogens with two attached hydrogens (primary N) is 1. The maximum absolute atomic E-state index is 12.2. The maximum atomic E-state index is 12.2. The number of nitrogens with one attached hydrogen (secondary N) is 1. The van der Waals surface area contributed by atoms with Crippen LogP contribution in [0.25, 0.3) is 0 Å². The van der Waals surface area contributed by atoms with E-state index < -0.39 is 10.0 Å². The Hall–Kier alpha value is -0.430. The molecule has 0 radical (unpaired) electrons. The van der Waals surface area contributed by atoms with Gasteiger partial charge in [0.15, 0.2) is 0 Å². The molecule has 1 aromatic carbocycles. The van der Waals surface area contributed by atoms with Crippen LogP contribution in [0.2, 0.25) is 0 Å². The molecule has 6 heteroatoms. The van der Waals surface area contributed by atoms with Gasteiger partial charge in [-0.25, -0.2) is 13.1 Å². The predicted octanol–water partition coefficient (Wildman–Crippen LogP) is 1.74. The van der Waals surface area contributed by atoms with Gasteiger partial charge < -0.3 is 5.73 Å². The van der Waals surface area contributed by atoms with E-state index in [-0.39, 0.29) is 10.4 Å². The standard InChI is InChI=1S/C11H15BrN2O2S/c1-11(4-5-11)14-17(15,16)10-6-8(7-13)2-3-9(10)12/h2-3,6,14H,4-5,7,13H2,1H3. The van der Waals surface area contributed by atoms with Gasteiger partial charge in [0.05, 0.1) is 4.90 Å². The molecule has 0 aliphatic heterocycles. The molecule has 3 N–H and O–H groups in total. The van der Waals surface area contributed by atoms with Crippen molar-refractivity contribution in [1.29, 1.82) is 0 Å². The first kappa shape index (κ1) is 13.0. The van der Waals surface area contributed by atoms with Crippen LogP contribution in [0.3, 0.4) is 0 Å². The lowest BCUT2D eigenvalue weighted by Crippen LogP contribution is -2.34. The first-order chi connectivity index (χ1) is 7.86. The van der Waals surface area contributed by atoms with E-state index in [0.717, 1.165) is 18.4 Å². The average Bonchev–Trinajstić information content (AvgIpc) is 2.95. The topological polar surface area (TPSA) is 72.2 Å². The minimum absolute atomic E-state index is 0.258. The molecule has 0 atom stereocenters. The van der Waals surface area contributed by atoms with Gasteiger partial charge in [-0.05, 0) is 53.4 Å². The summed E-state index contributed by atoms with van der Waals surface area (Å²) in [5.41, 5.74) is 6.05. The molecule has 0 heterocycles. The van der Waals surface area contributed by atoms with Crippen LogP contribution in [-0.2, 0) is 16.6 Å². The number of sulfonamides is 1. The molecule has 0 unspecified atom stereocenters. The van der Waals surface area contributed by atoms with Gasteiger partial charge in [0.1, 0.15) is 0 Å². The van der Waals surface area contributed by atoms with Crippen LogP contribution < -0.4 is 10.5 Å². The number of halogens is 1. The zero-order valence-electron chi connectivity index (χ0n) is 9.53. The van der Waals surface area contributed by atoms with Gasteiger partial charge in [-0.1, -0.05) is 6.07 Å². The Morgan fingerprint density at radius 3 is 2.65 bits per heavy atom. The molecule has 0 amide bonds. The number of hydrogen-bond donors (Lipinski definition) is 2. The van der Waals surface area contributed by atoms with Crippen molar-refractivity contribution in [2.75, 3.05) is 0 Å². The molecule has 1 fully saturated rings. The Bertz CT molecular complexity index is 538. The molecule has 1 aliphatic rings. The van der Waals surface area contributed by atoms with E-state index in [4.69, 9.17) is 5.73 Å². The molecule has 4 nitrogen and oxygen atoms in total. The summed E-state index contributed by atoms with van der Waals surface area (Å²) in [7, 11) is -3.47. The second kappa shape index (κ2) is 4.35. The van der Waals surface area contributed by atoms with Crippen molar-refractivity contribution in [1.82, 2.24) is 4.72 Å². The quantitative estimate of drug-likeness (QED) is 0.888. The average molecular weight is 319 g/mol. The first-order valence-electron chi connectivity index (χ1n) is 5.39. The van der Waals surface area contributed by atoms with Crippen LogP contribution in [0.5, 0.6) is 0 Å². The van der Waals surface area contributed by atoms with Crippen LogP contribution in [0.4, 0.5) is 0 Å². The second-order valence-electron chi connectivity index (χ2n) is 4.64. The van der Waals surface area contributed by atoms with Gasteiger partial charge in [-0.3, -0.25) is 0 Å². The van der Waals surface area contributed by atoms with Crippen molar-refractivity contribution >= 4 is 26.0 Å². The van der Waals surface area contributed by atoms with Gasteiger partial charge in [0.25, 0.3) is 0 Å². The van der Waals surface area contributed by atoms with Crippen molar-refractivity contribution in [2.45, 2.75) is 36.7 Å². The lowest BCUT2D eigenvalue weighted by molar-refractivity contribution is 0.557. The van der Waals surface area contributed by atoms with Crippen LogP contribution in [0, 0.1) is 0 Å². The van der Waals surface area contributed by atoms with Gasteiger partial charge in [0, 0.05) is 16.6 Å². The summed E-state index contributed by atoms with van der Waals surface area (Å²) in [5, 5.41) is 0. The summed E-state index contributed by atoms with van der Waals surface area (Å²) < 4.78 is 27.7. The van der Waals surface area contributed by atoms with E-state index in [1.807, 2.05) is 13.0 Å². The van der Waals surface area contributed by atoms with E-state index in [2.05, 4.69) is 20.7 Å². The third-order valence-electron chi connectivity index (χ3n) is 2.90. The van der Waals surface area contributed by atoms with Crippen molar-refractivity contribution in [3.8, 4) is 0 Å². The lowest BCUT2D eigenvalue weighted by atomic mass is 10.2. The van der Waals surface area contributed by atoms with Crippen LogP contribution in [0.15, 0.2) is 27.6 Å². The van der Waals surface area contributed by atoms with Gasteiger partial charge in [-0.2, -0.15) is 0 Å². The summed E-state index contributed by atoms with van der Waals surface area (Å²) in [6.45, 7) is 2.23. The third kappa shape index (κ3) is 2.88. The fourth-order valence-electron chi connectivity index (χ4n) is 1.55. The van der Waals surface area contributed by atoms with Crippen LogP contribution in [-0.4, -0.2) is 14.0 Å². The van der Waals surface area contributed by atoms with Gasteiger partial charge in [0.2, 0.25) is 10.0 Å². The molecule has 0 aromatic heterocycles. The highest BCUT2D eigenvalue weighted by Gasteiger charge is 2.41. The molecule has 94 valence electrons. The van der Waals surface area contributed by atoms with E-state index in [0.29, 0.717) is 11.0 Å². The SMILES string of the molecule is CC1(NS(=O)(=O)c2cc(CN)ccc2Br)CC1. The molecule has 0 saturated heterocycles. The van der Waals surface area contributed by atoms with Crippen LogP contribution >= 0.6 is 15.9 Å². The largest absolute Gasteiger partial charge is 0.326 e.